The van der Waals surface area contributed by atoms with E-state index in [1.165, 1.54) is 4.90 Å². The monoisotopic (exact) mass is 391 g/mol. The van der Waals surface area contributed by atoms with Crippen LogP contribution in [0.1, 0.15) is 62.3 Å². The van der Waals surface area contributed by atoms with Crippen LogP contribution in [0.4, 0.5) is 0 Å². The summed E-state index contributed by atoms with van der Waals surface area (Å²) >= 11 is 0. The smallest absolute Gasteiger partial charge is 0.261 e. The first-order chi connectivity index (χ1) is 14.1. The molecule has 0 spiro atoms. The molecule has 150 valence electrons. The molecule has 3 N–H and O–H groups in total. The average molecular weight is 391 g/mol. The minimum atomic E-state index is -0.298. The van der Waals surface area contributed by atoms with Gasteiger partial charge in [0.1, 0.15) is 0 Å². The second kappa shape index (κ2) is 8.17. The summed E-state index contributed by atoms with van der Waals surface area (Å²) in [7, 11) is 0. The molecule has 0 saturated heterocycles. The van der Waals surface area contributed by atoms with Crippen LogP contribution < -0.4 is 11.1 Å². The molecule has 1 aliphatic heterocycles. The highest BCUT2D eigenvalue weighted by Gasteiger charge is 2.35. The summed E-state index contributed by atoms with van der Waals surface area (Å²) in [5.74, 6) is -0.421. The summed E-state index contributed by atoms with van der Waals surface area (Å²) < 4.78 is 0. The van der Waals surface area contributed by atoms with Crippen molar-refractivity contribution in [1.82, 2.24) is 10.2 Å². The van der Waals surface area contributed by atoms with Gasteiger partial charge in [-0.05, 0) is 55.1 Å². The van der Waals surface area contributed by atoms with Crippen LogP contribution in [0.25, 0.3) is 0 Å². The van der Waals surface area contributed by atoms with Crippen LogP contribution >= 0.6 is 0 Å². The van der Waals surface area contributed by atoms with Crippen LogP contribution in [-0.2, 0) is 6.54 Å². The average Bonchev–Trinajstić information content (AvgIpc) is 2.99. The Hall–Kier alpha value is -2.99. The van der Waals surface area contributed by atoms with Crippen LogP contribution in [-0.4, -0.2) is 35.2 Å². The fourth-order valence-electron chi connectivity index (χ4n) is 4.31. The Morgan fingerprint density at radius 3 is 2.38 bits per heavy atom. The fourth-order valence-corrected chi connectivity index (χ4v) is 4.31. The van der Waals surface area contributed by atoms with Crippen molar-refractivity contribution in [3.63, 3.8) is 0 Å². The van der Waals surface area contributed by atoms with Crippen molar-refractivity contribution in [3.05, 3.63) is 70.8 Å². The highest BCUT2D eigenvalue weighted by molar-refractivity contribution is 6.21. The first-order valence-corrected chi connectivity index (χ1v) is 10.1. The molecule has 2 aromatic rings. The number of hydrogen-bond acceptors (Lipinski definition) is 4. The third kappa shape index (κ3) is 3.80. The molecular formula is C23H25N3O3. The number of nitrogens with one attached hydrogen (secondary N) is 1. The Balaban J connectivity index is 1.47. The molecule has 2 aliphatic rings. The zero-order valence-electron chi connectivity index (χ0n) is 16.3. The van der Waals surface area contributed by atoms with E-state index in [1.54, 1.807) is 42.5 Å². The molecule has 6 nitrogen and oxygen atoms in total. The third-order valence-electron chi connectivity index (χ3n) is 5.94. The van der Waals surface area contributed by atoms with E-state index in [1.807, 2.05) is 6.07 Å². The van der Waals surface area contributed by atoms with Gasteiger partial charge in [-0.2, -0.15) is 0 Å². The van der Waals surface area contributed by atoms with E-state index in [9.17, 15) is 14.4 Å². The minimum absolute atomic E-state index is 0.0983. The molecule has 2 aromatic carbocycles. The minimum Gasteiger partial charge on any atom is -0.349 e. The molecule has 29 heavy (non-hydrogen) atoms. The molecule has 0 aromatic heterocycles. The number of fused-ring (bicyclic) bond motifs is 1. The van der Waals surface area contributed by atoms with Gasteiger partial charge in [0.25, 0.3) is 17.7 Å². The van der Waals surface area contributed by atoms with Crippen molar-refractivity contribution < 1.29 is 14.4 Å². The molecule has 1 saturated carbocycles. The Labute approximate surface area is 170 Å². The van der Waals surface area contributed by atoms with Crippen LogP contribution in [0.15, 0.2) is 48.5 Å². The lowest BCUT2D eigenvalue weighted by Crippen LogP contribution is -2.44. The van der Waals surface area contributed by atoms with Crippen molar-refractivity contribution >= 4 is 17.7 Å². The maximum Gasteiger partial charge on any atom is 0.261 e. The number of nitrogens with two attached hydrogens (primary N) is 1. The molecule has 2 atom stereocenters. The van der Waals surface area contributed by atoms with Gasteiger partial charge in [0, 0.05) is 11.6 Å². The predicted octanol–water partition coefficient (Wildman–Crippen LogP) is 2.73. The van der Waals surface area contributed by atoms with Gasteiger partial charge in [-0.25, -0.2) is 0 Å². The summed E-state index contributed by atoms with van der Waals surface area (Å²) in [6, 6.07) is 14.0. The molecule has 2 unspecified atom stereocenters. The van der Waals surface area contributed by atoms with Gasteiger partial charge in [0.05, 0.1) is 17.7 Å². The lowest BCUT2D eigenvalue weighted by Gasteiger charge is -2.31. The highest BCUT2D eigenvalue weighted by Crippen LogP contribution is 2.25. The van der Waals surface area contributed by atoms with Gasteiger partial charge in [0.2, 0.25) is 0 Å². The number of amides is 3. The molecule has 0 bridgehead atoms. The highest BCUT2D eigenvalue weighted by atomic mass is 16.2. The van der Waals surface area contributed by atoms with Crippen molar-refractivity contribution in [2.75, 3.05) is 6.54 Å². The maximum absolute atomic E-state index is 12.8. The Bertz CT molecular complexity index is 921. The maximum atomic E-state index is 12.8. The quantitative estimate of drug-likeness (QED) is 0.767. The van der Waals surface area contributed by atoms with E-state index in [0.29, 0.717) is 29.2 Å². The topological polar surface area (TPSA) is 92.5 Å². The number of benzene rings is 2. The van der Waals surface area contributed by atoms with E-state index in [2.05, 4.69) is 5.32 Å². The lowest BCUT2D eigenvalue weighted by atomic mass is 9.84. The summed E-state index contributed by atoms with van der Waals surface area (Å²) in [5, 5.41) is 3.12. The van der Waals surface area contributed by atoms with Crippen LogP contribution in [0.3, 0.4) is 0 Å². The predicted molar refractivity (Wildman–Crippen MR) is 109 cm³/mol. The SMILES string of the molecule is NCC1CCCCC1NC(=O)c1cccc(CN2C(=O)c3ccccc3C2=O)c1. The van der Waals surface area contributed by atoms with Gasteiger partial charge < -0.3 is 11.1 Å². The zero-order valence-corrected chi connectivity index (χ0v) is 16.3. The first kappa shape index (κ1) is 19.3. The molecule has 1 aliphatic carbocycles. The molecule has 3 amide bonds. The van der Waals surface area contributed by atoms with Crippen molar-refractivity contribution in [3.8, 4) is 0 Å². The number of carbonyl (C=O) groups is 3. The zero-order chi connectivity index (χ0) is 20.4. The standard InChI is InChI=1S/C23H25N3O3/c24-13-17-7-1-4-11-20(17)25-21(27)16-8-5-6-15(12-16)14-26-22(28)18-9-2-3-10-19(18)23(26)29/h2-3,5-6,8-10,12,17,20H,1,4,7,11,13-14,24H2,(H,25,27). The second-order valence-electron chi connectivity index (χ2n) is 7.80. The van der Waals surface area contributed by atoms with E-state index in [0.717, 1.165) is 31.2 Å². The summed E-state index contributed by atoms with van der Waals surface area (Å²) in [5.41, 5.74) is 7.99. The van der Waals surface area contributed by atoms with E-state index in [4.69, 9.17) is 5.73 Å². The summed E-state index contributed by atoms with van der Waals surface area (Å²) in [6.45, 7) is 0.715. The van der Waals surface area contributed by atoms with Crippen LogP contribution in [0.5, 0.6) is 0 Å². The summed E-state index contributed by atoms with van der Waals surface area (Å²) in [4.78, 5) is 39.2. The van der Waals surface area contributed by atoms with Gasteiger partial charge in [0.15, 0.2) is 0 Å². The lowest BCUT2D eigenvalue weighted by molar-refractivity contribution is 0.0642. The van der Waals surface area contributed by atoms with Gasteiger partial charge in [-0.3, -0.25) is 19.3 Å². The molecule has 1 heterocycles. The largest absolute Gasteiger partial charge is 0.349 e. The molecule has 4 rings (SSSR count). The van der Waals surface area contributed by atoms with E-state index in [-0.39, 0.29) is 30.3 Å². The number of rotatable bonds is 5. The molecule has 6 heteroatoms. The number of nitrogens with zero attached hydrogens (tertiary/aromatic N) is 1. The number of hydrogen-bond donors (Lipinski definition) is 2. The molecule has 0 radical (unpaired) electrons. The van der Waals surface area contributed by atoms with Crippen LogP contribution in [0, 0.1) is 5.92 Å². The third-order valence-corrected chi connectivity index (χ3v) is 5.94. The first-order valence-electron chi connectivity index (χ1n) is 10.1. The van der Waals surface area contributed by atoms with E-state index < -0.39 is 0 Å². The Kier molecular flexibility index (Phi) is 5.45. The van der Waals surface area contributed by atoms with Crippen molar-refractivity contribution in [2.24, 2.45) is 11.7 Å². The van der Waals surface area contributed by atoms with Gasteiger partial charge in [-0.15, -0.1) is 0 Å². The summed E-state index contributed by atoms with van der Waals surface area (Å²) in [6.07, 6.45) is 4.24. The second-order valence-corrected chi connectivity index (χ2v) is 7.80. The van der Waals surface area contributed by atoms with E-state index >= 15 is 0 Å². The van der Waals surface area contributed by atoms with Crippen molar-refractivity contribution in [2.45, 2.75) is 38.3 Å². The Morgan fingerprint density at radius 1 is 1.00 bits per heavy atom. The molecule has 1 fully saturated rings. The molecular weight excluding hydrogens is 366 g/mol. The Morgan fingerprint density at radius 2 is 1.69 bits per heavy atom. The van der Waals surface area contributed by atoms with Gasteiger partial charge in [-0.1, -0.05) is 37.1 Å². The number of carbonyl (C=O) groups excluding carboxylic acids is 3. The van der Waals surface area contributed by atoms with Crippen molar-refractivity contribution in [1.29, 1.82) is 0 Å². The normalized spacial score (nSPS) is 21.2. The fraction of sp³-hybridized carbons (Fsp3) is 0.348. The van der Waals surface area contributed by atoms with Gasteiger partial charge >= 0.3 is 0 Å². The number of imide groups is 1. The van der Waals surface area contributed by atoms with Crippen LogP contribution in [0.2, 0.25) is 0 Å².